The lowest BCUT2D eigenvalue weighted by molar-refractivity contribution is -0.137. The maximum atomic E-state index is 12.8. The SMILES string of the molecule is COc1cc(OC)cc(C(=O)NC(CC(=O)O)c2ccc(OC)c(OC)c2)c1. The molecular formula is C20H23NO7. The molecule has 0 saturated heterocycles. The zero-order valence-corrected chi connectivity index (χ0v) is 16.1. The highest BCUT2D eigenvalue weighted by atomic mass is 16.5. The van der Waals surface area contributed by atoms with Crippen molar-refractivity contribution < 1.29 is 33.6 Å². The van der Waals surface area contributed by atoms with E-state index in [0.717, 1.165) is 0 Å². The summed E-state index contributed by atoms with van der Waals surface area (Å²) in [4.78, 5) is 24.1. The molecule has 2 aromatic rings. The summed E-state index contributed by atoms with van der Waals surface area (Å²) in [5.74, 6) is 0.328. The summed E-state index contributed by atoms with van der Waals surface area (Å²) >= 11 is 0. The lowest BCUT2D eigenvalue weighted by atomic mass is 10.0. The van der Waals surface area contributed by atoms with Gasteiger partial charge in [-0.05, 0) is 29.8 Å². The molecule has 0 bridgehead atoms. The first-order chi connectivity index (χ1) is 13.4. The zero-order valence-electron chi connectivity index (χ0n) is 16.1. The number of carboxylic acids is 1. The summed E-state index contributed by atoms with van der Waals surface area (Å²) in [7, 11) is 5.94. The van der Waals surface area contributed by atoms with Gasteiger partial charge in [0.1, 0.15) is 11.5 Å². The van der Waals surface area contributed by atoms with E-state index in [9.17, 15) is 14.7 Å². The van der Waals surface area contributed by atoms with Crippen LogP contribution < -0.4 is 24.3 Å². The molecule has 150 valence electrons. The van der Waals surface area contributed by atoms with Gasteiger partial charge in [-0.2, -0.15) is 0 Å². The number of rotatable bonds is 9. The van der Waals surface area contributed by atoms with Crippen molar-refractivity contribution in [1.29, 1.82) is 0 Å². The third kappa shape index (κ3) is 5.06. The molecule has 1 atom stereocenters. The number of ether oxygens (including phenoxy) is 4. The zero-order chi connectivity index (χ0) is 20.7. The van der Waals surface area contributed by atoms with Crippen molar-refractivity contribution in [1.82, 2.24) is 5.32 Å². The summed E-state index contributed by atoms with van der Waals surface area (Å²) < 4.78 is 20.8. The van der Waals surface area contributed by atoms with E-state index < -0.39 is 17.9 Å². The van der Waals surface area contributed by atoms with Gasteiger partial charge < -0.3 is 29.4 Å². The van der Waals surface area contributed by atoms with Crippen LogP contribution in [0.25, 0.3) is 0 Å². The van der Waals surface area contributed by atoms with Gasteiger partial charge in [0, 0.05) is 11.6 Å². The Morgan fingerprint density at radius 1 is 0.893 bits per heavy atom. The van der Waals surface area contributed by atoms with Gasteiger partial charge in [-0.25, -0.2) is 0 Å². The van der Waals surface area contributed by atoms with Crippen molar-refractivity contribution >= 4 is 11.9 Å². The topological polar surface area (TPSA) is 103 Å². The van der Waals surface area contributed by atoms with Gasteiger partial charge in [0.15, 0.2) is 11.5 Å². The summed E-state index contributed by atoms with van der Waals surface area (Å²) in [6.45, 7) is 0. The first-order valence-corrected chi connectivity index (χ1v) is 8.39. The van der Waals surface area contributed by atoms with E-state index in [0.29, 0.717) is 28.6 Å². The van der Waals surface area contributed by atoms with E-state index >= 15 is 0 Å². The fourth-order valence-corrected chi connectivity index (χ4v) is 2.68. The van der Waals surface area contributed by atoms with Gasteiger partial charge in [0.2, 0.25) is 0 Å². The second-order valence-corrected chi connectivity index (χ2v) is 5.84. The van der Waals surface area contributed by atoms with Gasteiger partial charge in [0.05, 0.1) is 40.9 Å². The average Bonchev–Trinajstić information content (AvgIpc) is 2.71. The van der Waals surface area contributed by atoms with Crippen LogP contribution in [-0.2, 0) is 4.79 Å². The minimum atomic E-state index is -1.05. The Balaban J connectivity index is 2.34. The molecule has 2 rings (SSSR count). The van der Waals surface area contributed by atoms with Crippen molar-refractivity contribution in [2.45, 2.75) is 12.5 Å². The molecule has 0 heterocycles. The summed E-state index contributed by atoms with van der Waals surface area (Å²) in [5.41, 5.74) is 0.857. The van der Waals surface area contributed by atoms with Crippen molar-refractivity contribution in [3.63, 3.8) is 0 Å². The van der Waals surface area contributed by atoms with Gasteiger partial charge >= 0.3 is 5.97 Å². The third-order valence-electron chi connectivity index (χ3n) is 4.11. The largest absolute Gasteiger partial charge is 0.497 e. The number of hydrogen-bond donors (Lipinski definition) is 2. The number of amides is 1. The monoisotopic (exact) mass is 389 g/mol. The second-order valence-electron chi connectivity index (χ2n) is 5.84. The second kappa shape index (κ2) is 9.50. The third-order valence-corrected chi connectivity index (χ3v) is 4.11. The highest BCUT2D eigenvalue weighted by Crippen LogP contribution is 2.31. The summed E-state index contributed by atoms with van der Waals surface area (Å²) in [6.07, 6.45) is -0.303. The molecule has 28 heavy (non-hydrogen) atoms. The van der Waals surface area contributed by atoms with Crippen LogP contribution in [0.2, 0.25) is 0 Å². The van der Waals surface area contributed by atoms with E-state index in [1.807, 2.05) is 0 Å². The van der Waals surface area contributed by atoms with Crippen LogP contribution in [0.3, 0.4) is 0 Å². The Morgan fingerprint density at radius 2 is 1.50 bits per heavy atom. The Bertz CT molecular complexity index is 828. The number of methoxy groups -OCH3 is 4. The van der Waals surface area contributed by atoms with Crippen LogP contribution in [0.15, 0.2) is 36.4 Å². The molecule has 2 N–H and O–H groups in total. The molecule has 1 amide bonds. The molecule has 0 aliphatic carbocycles. The number of hydrogen-bond acceptors (Lipinski definition) is 6. The van der Waals surface area contributed by atoms with Gasteiger partial charge in [-0.15, -0.1) is 0 Å². The van der Waals surface area contributed by atoms with E-state index in [1.54, 1.807) is 36.4 Å². The summed E-state index contributed by atoms with van der Waals surface area (Å²) in [6, 6.07) is 8.93. The maximum absolute atomic E-state index is 12.8. The van der Waals surface area contributed by atoms with Gasteiger partial charge in [0.25, 0.3) is 5.91 Å². The molecule has 0 saturated carbocycles. The fraction of sp³-hybridized carbons (Fsp3) is 0.300. The molecule has 0 radical (unpaired) electrons. The summed E-state index contributed by atoms with van der Waals surface area (Å²) in [5, 5.41) is 12.0. The van der Waals surface area contributed by atoms with Crippen molar-refractivity contribution in [3.05, 3.63) is 47.5 Å². The molecular weight excluding hydrogens is 366 g/mol. The normalized spacial score (nSPS) is 11.3. The van der Waals surface area contributed by atoms with Crippen molar-refractivity contribution in [2.24, 2.45) is 0 Å². The lowest BCUT2D eigenvalue weighted by Gasteiger charge is -2.19. The molecule has 2 aromatic carbocycles. The number of nitrogens with one attached hydrogen (secondary N) is 1. The van der Waals surface area contributed by atoms with Crippen molar-refractivity contribution in [2.75, 3.05) is 28.4 Å². The van der Waals surface area contributed by atoms with Gasteiger partial charge in [-0.3, -0.25) is 9.59 Å². The maximum Gasteiger partial charge on any atom is 0.305 e. The molecule has 0 aliphatic heterocycles. The molecule has 1 unspecified atom stereocenters. The Morgan fingerprint density at radius 3 is 2.00 bits per heavy atom. The van der Waals surface area contributed by atoms with E-state index in [-0.39, 0.29) is 12.0 Å². The van der Waals surface area contributed by atoms with E-state index in [2.05, 4.69) is 5.32 Å². The first kappa shape index (κ1) is 20.9. The Hall–Kier alpha value is -3.42. The van der Waals surface area contributed by atoms with Crippen LogP contribution in [-0.4, -0.2) is 45.4 Å². The van der Waals surface area contributed by atoms with E-state index in [4.69, 9.17) is 18.9 Å². The predicted molar refractivity (Wildman–Crippen MR) is 102 cm³/mol. The number of carbonyl (C=O) groups is 2. The van der Waals surface area contributed by atoms with Crippen LogP contribution >= 0.6 is 0 Å². The lowest BCUT2D eigenvalue weighted by Crippen LogP contribution is -2.30. The predicted octanol–water partition coefficient (Wildman–Crippen LogP) is 2.67. The molecule has 0 aromatic heterocycles. The standard InChI is InChI=1S/C20H23NO7/c1-25-14-7-13(8-15(10-14)26-2)20(24)21-16(11-19(22)23)12-5-6-17(27-3)18(9-12)28-4/h5-10,16H,11H2,1-4H3,(H,21,24)(H,22,23). The highest BCUT2D eigenvalue weighted by Gasteiger charge is 2.21. The fourth-order valence-electron chi connectivity index (χ4n) is 2.68. The van der Waals surface area contributed by atoms with E-state index in [1.165, 1.54) is 28.4 Å². The van der Waals surface area contributed by atoms with Crippen molar-refractivity contribution in [3.8, 4) is 23.0 Å². The molecule has 8 nitrogen and oxygen atoms in total. The molecule has 0 spiro atoms. The van der Waals surface area contributed by atoms with Crippen LogP contribution in [0.4, 0.5) is 0 Å². The molecule has 0 aliphatic rings. The molecule has 0 fully saturated rings. The Kier molecular flexibility index (Phi) is 7.08. The smallest absolute Gasteiger partial charge is 0.305 e. The quantitative estimate of drug-likeness (QED) is 0.679. The minimum Gasteiger partial charge on any atom is -0.497 e. The first-order valence-electron chi connectivity index (χ1n) is 8.39. The number of benzene rings is 2. The molecule has 8 heteroatoms. The van der Waals surface area contributed by atoms with Crippen LogP contribution in [0, 0.1) is 0 Å². The average molecular weight is 389 g/mol. The number of carboxylic acid groups (broad SMARTS) is 1. The minimum absolute atomic E-state index is 0.284. The number of aliphatic carboxylic acids is 1. The van der Waals surface area contributed by atoms with Crippen LogP contribution in [0.5, 0.6) is 23.0 Å². The number of carbonyl (C=O) groups excluding carboxylic acids is 1. The van der Waals surface area contributed by atoms with Crippen LogP contribution in [0.1, 0.15) is 28.4 Å². The Labute approximate surface area is 163 Å². The van der Waals surface area contributed by atoms with Gasteiger partial charge in [-0.1, -0.05) is 6.07 Å². The highest BCUT2D eigenvalue weighted by molar-refractivity contribution is 5.95.